The van der Waals surface area contributed by atoms with Gasteiger partial charge in [-0.1, -0.05) is 12.1 Å². The minimum absolute atomic E-state index is 0.0729. The number of benzene rings is 2. The van der Waals surface area contributed by atoms with Gasteiger partial charge < -0.3 is 16.0 Å². The number of anilines is 2. The van der Waals surface area contributed by atoms with E-state index in [1.807, 2.05) is 0 Å². The van der Waals surface area contributed by atoms with Crippen molar-refractivity contribution in [1.82, 2.24) is 25.5 Å². The zero-order chi connectivity index (χ0) is 20.2. The molecule has 0 saturated heterocycles. The van der Waals surface area contributed by atoms with E-state index in [0.717, 1.165) is 5.69 Å². The van der Waals surface area contributed by atoms with Gasteiger partial charge in [-0.25, -0.2) is 4.68 Å². The Kier molecular flexibility index (Phi) is 4.97. The van der Waals surface area contributed by atoms with Crippen molar-refractivity contribution in [2.45, 2.75) is 18.9 Å². The fraction of sp³-hybridized carbons (Fsp3) is 0.158. The quantitative estimate of drug-likeness (QED) is 0.598. The Morgan fingerprint density at radius 1 is 1.10 bits per heavy atom. The summed E-state index contributed by atoms with van der Waals surface area (Å²) in [5.74, 6) is -0.951. The molecule has 1 atom stereocenters. The van der Waals surface area contributed by atoms with Crippen molar-refractivity contribution in [3.63, 3.8) is 0 Å². The van der Waals surface area contributed by atoms with Crippen LogP contribution in [-0.2, 0) is 9.59 Å². The lowest BCUT2D eigenvalue weighted by atomic mass is 10.1. The van der Waals surface area contributed by atoms with Gasteiger partial charge in [-0.3, -0.25) is 14.4 Å². The third-order valence-corrected chi connectivity index (χ3v) is 4.48. The first kappa shape index (κ1) is 18.3. The van der Waals surface area contributed by atoms with Gasteiger partial charge in [0.05, 0.1) is 16.9 Å². The zero-order valence-corrected chi connectivity index (χ0v) is 15.2. The Bertz CT molecular complexity index is 1050. The summed E-state index contributed by atoms with van der Waals surface area (Å²) in [6.07, 6.45) is 1.72. The summed E-state index contributed by atoms with van der Waals surface area (Å²) >= 11 is 0. The lowest BCUT2D eigenvalue weighted by Crippen LogP contribution is -2.41. The van der Waals surface area contributed by atoms with Crippen LogP contribution in [0.3, 0.4) is 0 Å². The molecule has 29 heavy (non-hydrogen) atoms. The summed E-state index contributed by atoms with van der Waals surface area (Å²) in [4.78, 5) is 36.9. The molecule has 146 valence electrons. The lowest BCUT2D eigenvalue weighted by Gasteiger charge is -2.14. The predicted octanol–water partition coefficient (Wildman–Crippen LogP) is 1.13. The van der Waals surface area contributed by atoms with Crippen LogP contribution in [0.15, 0.2) is 54.9 Å². The molecule has 2 aromatic carbocycles. The molecule has 2 heterocycles. The van der Waals surface area contributed by atoms with Gasteiger partial charge in [0.25, 0.3) is 5.91 Å². The summed E-state index contributed by atoms with van der Waals surface area (Å²) in [5.41, 5.74) is 2.22. The third kappa shape index (κ3) is 4.10. The van der Waals surface area contributed by atoms with E-state index in [-0.39, 0.29) is 30.6 Å². The van der Waals surface area contributed by atoms with Crippen molar-refractivity contribution in [3.8, 4) is 5.69 Å². The number of rotatable bonds is 5. The molecule has 0 radical (unpaired) electrons. The number of aromatic nitrogens is 4. The number of nitrogens with one attached hydrogen (secondary N) is 3. The topological polar surface area (TPSA) is 131 Å². The van der Waals surface area contributed by atoms with Gasteiger partial charge in [-0.05, 0) is 53.2 Å². The molecule has 1 aliphatic rings. The van der Waals surface area contributed by atoms with E-state index in [1.54, 1.807) is 48.5 Å². The number of hydrogen-bond donors (Lipinski definition) is 3. The molecule has 0 unspecified atom stereocenters. The molecule has 3 aromatic rings. The number of fused-ring (bicyclic) bond motifs is 1. The van der Waals surface area contributed by atoms with Gasteiger partial charge in [-0.2, -0.15) is 0 Å². The van der Waals surface area contributed by atoms with Crippen molar-refractivity contribution in [1.29, 1.82) is 0 Å². The summed E-state index contributed by atoms with van der Waals surface area (Å²) in [6.45, 7) is 0. The molecule has 0 saturated carbocycles. The van der Waals surface area contributed by atoms with Crippen LogP contribution in [0.1, 0.15) is 23.2 Å². The van der Waals surface area contributed by atoms with Crippen LogP contribution in [0.25, 0.3) is 5.69 Å². The second-order valence-electron chi connectivity index (χ2n) is 6.45. The molecule has 10 nitrogen and oxygen atoms in total. The molecule has 1 aliphatic heterocycles. The highest BCUT2D eigenvalue weighted by atomic mass is 16.2. The van der Waals surface area contributed by atoms with E-state index < -0.39 is 6.04 Å². The molecule has 10 heteroatoms. The Morgan fingerprint density at radius 3 is 2.66 bits per heavy atom. The number of hydrogen-bond acceptors (Lipinski definition) is 6. The standard InChI is InChI=1S/C19H17N7O3/c27-17(21-12-5-7-13(8-6-12)26-11-20-24-25-26)10-9-16-19(29)22-15-4-2-1-3-14(15)18(28)23-16/h1-8,11,16H,9-10H2,(H,21,27)(H,22,29)(H,23,28)/t16-/m1/s1. The van der Waals surface area contributed by atoms with Gasteiger partial charge in [0.2, 0.25) is 11.8 Å². The number of carbonyl (C=O) groups is 3. The average molecular weight is 391 g/mol. The maximum Gasteiger partial charge on any atom is 0.254 e. The van der Waals surface area contributed by atoms with Crippen LogP contribution in [-0.4, -0.2) is 44.0 Å². The van der Waals surface area contributed by atoms with Crippen LogP contribution < -0.4 is 16.0 Å². The van der Waals surface area contributed by atoms with E-state index in [9.17, 15) is 14.4 Å². The molecular formula is C19H17N7O3. The highest BCUT2D eigenvalue weighted by molar-refractivity contribution is 6.09. The zero-order valence-electron chi connectivity index (χ0n) is 15.2. The summed E-state index contributed by atoms with van der Waals surface area (Å²) in [7, 11) is 0. The molecular weight excluding hydrogens is 374 g/mol. The second-order valence-corrected chi connectivity index (χ2v) is 6.45. The van der Waals surface area contributed by atoms with E-state index >= 15 is 0 Å². The maximum absolute atomic E-state index is 12.4. The maximum atomic E-state index is 12.4. The van der Waals surface area contributed by atoms with Gasteiger partial charge in [0.1, 0.15) is 12.4 Å². The number of carbonyl (C=O) groups excluding carboxylic acids is 3. The fourth-order valence-corrected chi connectivity index (χ4v) is 2.99. The summed E-state index contributed by atoms with van der Waals surface area (Å²) < 4.78 is 1.50. The average Bonchev–Trinajstić information content (AvgIpc) is 3.23. The van der Waals surface area contributed by atoms with Crippen LogP contribution >= 0.6 is 0 Å². The molecule has 0 bridgehead atoms. The third-order valence-electron chi connectivity index (χ3n) is 4.48. The number of tetrazole rings is 1. The largest absolute Gasteiger partial charge is 0.340 e. The first-order valence-corrected chi connectivity index (χ1v) is 8.94. The predicted molar refractivity (Wildman–Crippen MR) is 103 cm³/mol. The van der Waals surface area contributed by atoms with Gasteiger partial charge in [0.15, 0.2) is 0 Å². The first-order chi connectivity index (χ1) is 14.1. The monoisotopic (exact) mass is 391 g/mol. The molecule has 4 rings (SSSR count). The smallest absolute Gasteiger partial charge is 0.254 e. The molecule has 3 amide bonds. The highest BCUT2D eigenvalue weighted by Gasteiger charge is 2.27. The van der Waals surface area contributed by atoms with Gasteiger partial charge in [0, 0.05) is 12.1 Å². The van der Waals surface area contributed by atoms with Crippen molar-refractivity contribution in [3.05, 3.63) is 60.4 Å². The number of para-hydroxylation sites is 1. The Morgan fingerprint density at radius 2 is 1.90 bits per heavy atom. The lowest BCUT2D eigenvalue weighted by molar-refractivity contribution is -0.118. The number of amides is 3. The van der Waals surface area contributed by atoms with Crippen LogP contribution in [0.5, 0.6) is 0 Å². The van der Waals surface area contributed by atoms with Gasteiger partial charge in [-0.15, -0.1) is 5.10 Å². The summed E-state index contributed by atoms with van der Waals surface area (Å²) in [5, 5.41) is 19.1. The van der Waals surface area contributed by atoms with E-state index in [0.29, 0.717) is 16.9 Å². The van der Waals surface area contributed by atoms with E-state index in [1.165, 1.54) is 11.0 Å². The molecule has 0 aliphatic carbocycles. The minimum Gasteiger partial charge on any atom is -0.340 e. The number of nitrogens with zero attached hydrogens (tertiary/aromatic N) is 4. The van der Waals surface area contributed by atoms with Gasteiger partial charge >= 0.3 is 0 Å². The fourth-order valence-electron chi connectivity index (χ4n) is 2.99. The minimum atomic E-state index is -0.789. The van der Waals surface area contributed by atoms with Crippen LogP contribution in [0.4, 0.5) is 11.4 Å². The Labute approximate surface area is 165 Å². The van der Waals surface area contributed by atoms with Crippen molar-refractivity contribution in [2.75, 3.05) is 10.6 Å². The Hall–Kier alpha value is -4.08. The van der Waals surface area contributed by atoms with Crippen LogP contribution in [0, 0.1) is 0 Å². The van der Waals surface area contributed by atoms with E-state index in [4.69, 9.17) is 0 Å². The van der Waals surface area contributed by atoms with Crippen molar-refractivity contribution < 1.29 is 14.4 Å². The van der Waals surface area contributed by atoms with Crippen molar-refractivity contribution >= 4 is 29.1 Å². The molecule has 0 spiro atoms. The SMILES string of the molecule is O=C(CC[C@H]1NC(=O)c2ccccc2NC1=O)Nc1ccc(-n2cnnn2)cc1. The highest BCUT2D eigenvalue weighted by Crippen LogP contribution is 2.19. The first-order valence-electron chi connectivity index (χ1n) is 8.94. The Balaban J connectivity index is 1.34. The van der Waals surface area contributed by atoms with Crippen molar-refractivity contribution in [2.24, 2.45) is 0 Å². The molecule has 3 N–H and O–H groups in total. The second kappa shape index (κ2) is 7.89. The molecule has 1 aromatic heterocycles. The molecule has 0 fully saturated rings. The van der Waals surface area contributed by atoms with Crippen LogP contribution in [0.2, 0.25) is 0 Å². The van der Waals surface area contributed by atoms with E-state index in [2.05, 4.69) is 31.5 Å². The normalized spacial score (nSPS) is 15.7. The summed E-state index contributed by atoms with van der Waals surface area (Å²) in [6, 6.07) is 13.0.